The van der Waals surface area contributed by atoms with Crippen molar-refractivity contribution in [3.63, 3.8) is 0 Å². The molecule has 1 aromatic rings. The first kappa shape index (κ1) is 16.2. The van der Waals surface area contributed by atoms with Crippen LogP contribution in [0.25, 0.3) is 0 Å². The highest BCUT2D eigenvalue weighted by Crippen LogP contribution is 2.29. The Bertz CT molecular complexity index is 446. The third-order valence-corrected chi connectivity index (χ3v) is 4.42. The van der Waals surface area contributed by atoms with E-state index in [-0.39, 0.29) is 11.9 Å². The summed E-state index contributed by atoms with van der Waals surface area (Å²) < 4.78 is 1.03. The van der Waals surface area contributed by atoms with Gasteiger partial charge in [0.1, 0.15) is 0 Å². The average molecular weight is 327 g/mol. The normalized spacial score (nSPS) is 14.1. The van der Waals surface area contributed by atoms with Crippen LogP contribution in [-0.2, 0) is 4.79 Å². The lowest BCUT2D eigenvalue weighted by Gasteiger charge is -2.37. The molecule has 3 N–H and O–H groups in total. The molecule has 4 heteroatoms. The first-order valence-electron chi connectivity index (χ1n) is 6.41. The van der Waals surface area contributed by atoms with Crippen LogP contribution in [0.3, 0.4) is 0 Å². The zero-order chi connectivity index (χ0) is 14.8. The van der Waals surface area contributed by atoms with Crippen LogP contribution in [0.4, 0.5) is 0 Å². The summed E-state index contributed by atoms with van der Waals surface area (Å²) in [6, 6.07) is 7.89. The summed E-state index contributed by atoms with van der Waals surface area (Å²) in [5.74, 6) is -0.0320. The molecule has 0 aliphatic heterocycles. The van der Waals surface area contributed by atoms with Gasteiger partial charge in [0.05, 0.1) is 11.5 Å². The number of nitrogens with two attached hydrogens (primary N) is 1. The van der Waals surface area contributed by atoms with Gasteiger partial charge in [-0.05, 0) is 52.3 Å². The SMILES string of the molecule is C[C@@H](NC(=O)C(C)(C)C(C)(C)N)c1ccc(Br)cc1. The second-order valence-electron chi connectivity index (χ2n) is 6.09. The van der Waals surface area contributed by atoms with Gasteiger partial charge >= 0.3 is 0 Å². The Labute approximate surface area is 124 Å². The summed E-state index contributed by atoms with van der Waals surface area (Å²) in [4.78, 5) is 12.4. The predicted octanol–water partition coefficient (Wildman–Crippen LogP) is 3.39. The second kappa shape index (κ2) is 5.63. The van der Waals surface area contributed by atoms with Crippen molar-refractivity contribution in [3.8, 4) is 0 Å². The van der Waals surface area contributed by atoms with Crippen LogP contribution in [-0.4, -0.2) is 11.4 Å². The highest BCUT2D eigenvalue weighted by atomic mass is 79.9. The van der Waals surface area contributed by atoms with Gasteiger partial charge in [-0.25, -0.2) is 0 Å². The van der Waals surface area contributed by atoms with Crippen LogP contribution >= 0.6 is 15.9 Å². The first-order chi connectivity index (χ1) is 8.55. The number of amides is 1. The van der Waals surface area contributed by atoms with Crippen molar-refractivity contribution in [2.45, 2.75) is 46.2 Å². The Hall–Kier alpha value is -0.870. The van der Waals surface area contributed by atoms with E-state index in [1.54, 1.807) is 0 Å². The maximum absolute atomic E-state index is 12.4. The van der Waals surface area contributed by atoms with Gasteiger partial charge in [-0.3, -0.25) is 4.79 Å². The number of rotatable bonds is 4. The van der Waals surface area contributed by atoms with Crippen LogP contribution in [0.5, 0.6) is 0 Å². The van der Waals surface area contributed by atoms with E-state index in [2.05, 4.69) is 21.2 Å². The van der Waals surface area contributed by atoms with Crippen molar-refractivity contribution in [1.82, 2.24) is 5.32 Å². The van der Waals surface area contributed by atoms with E-state index in [1.165, 1.54) is 0 Å². The minimum absolute atomic E-state index is 0.0320. The molecule has 1 atom stereocenters. The highest BCUT2D eigenvalue weighted by Gasteiger charge is 2.40. The van der Waals surface area contributed by atoms with Crippen LogP contribution < -0.4 is 11.1 Å². The van der Waals surface area contributed by atoms with Crippen molar-refractivity contribution in [2.75, 3.05) is 0 Å². The van der Waals surface area contributed by atoms with Crippen LogP contribution in [0, 0.1) is 5.41 Å². The zero-order valence-electron chi connectivity index (χ0n) is 12.3. The molecule has 0 aliphatic carbocycles. The summed E-state index contributed by atoms with van der Waals surface area (Å²) in [6.45, 7) is 9.46. The lowest BCUT2D eigenvalue weighted by molar-refractivity contribution is -0.132. The number of hydrogen-bond donors (Lipinski definition) is 2. The van der Waals surface area contributed by atoms with Gasteiger partial charge in [-0.2, -0.15) is 0 Å². The van der Waals surface area contributed by atoms with Gasteiger partial charge in [-0.1, -0.05) is 28.1 Å². The molecule has 3 nitrogen and oxygen atoms in total. The molecule has 1 amide bonds. The molecule has 0 aromatic heterocycles. The summed E-state index contributed by atoms with van der Waals surface area (Å²) in [5.41, 5.74) is 5.95. The molecule has 1 rings (SSSR count). The summed E-state index contributed by atoms with van der Waals surface area (Å²) in [6.07, 6.45) is 0. The van der Waals surface area contributed by atoms with E-state index in [1.807, 2.05) is 58.9 Å². The number of halogens is 1. The average Bonchev–Trinajstić information content (AvgIpc) is 2.28. The molecular formula is C15H23BrN2O. The van der Waals surface area contributed by atoms with E-state index in [0.29, 0.717) is 0 Å². The Morgan fingerprint density at radius 2 is 1.68 bits per heavy atom. The molecule has 1 aromatic carbocycles. The molecule has 0 unspecified atom stereocenters. The molecular weight excluding hydrogens is 304 g/mol. The van der Waals surface area contributed by atoms with Gasteiger partial charge < -0.3 is 11.1 Å². The van der Waals surface area contributed by atoms with Gasteiger partial charge in [0.2, 0.25) is 5.91 Å². The fraction of sp³-hybridized carbons (Fsp3) is 0.533. The van der Waals surface area contributed by atoms with E-state index < -0.39 is 11.0 Å². The Kier molecular flexibility index (Phi) is 4.80. The molecule has 0 heterocycles. The summed E-state index contributed by atoms with van der Waals surface area (Å²) in [7, 11) is 0. The van der Waals surface area contributed by atoms with Crippen molar-refractivity contribution in [3.05, 3.63) is 34.3 Å². The molecule has 106 valence electrons. The zero-order valence-corrected chi connectivity index (χ0v) is 13.8. The number of benzene rings is 1. The van der Waals surface area contributed by atoms with Crippen LogP contribution in [0.15, 0.2) is 28.7 Å². The summed E-state index contributed by atoms with van der Waals surface area (Å²) >= 11 is 3.40. The third-order valence-electron chi connectivity index (χ3n) is 3.90. The van der Waals surface area contributed by atoms with E-state index >= 15 is 0 Å². The Morgan fingerprint density at radius 1 is 1.21 bits per heavy atom. The smallest absolute Gasteiger partial charge is 0.227 e. The molecule has 19 heavy (non-hydrogen) atoms. The first-order valence-corrected chi connectivity index (χ1v) is 7.20. The molecule has 0 bridgehead atoms. The Morgan fingerprint density at radius 3 is 2.11 bits per heavy atom. The largest absolute Gasteiger partial charge is 0.349 e. The number of carbonyl (C=O) groups excluding carboxylic acids is 1. The minimum Gasteiger partial charge on any atom is -0.349 e. The topological polar surface area (TPSA) is 55.1 Å². The molecule has 0 saturated carbocycles. The number of carbonyl (C=O) groups is 1. The van der Waals surface area contributed by atoms with Gasteiger partial charge in [-0.15, -0.1) is 0 Å². The number of nitrogens with one attached hydrogen (secondary N) is 1. The maximum atomic E-state index is 12.4. The third kappa shape index (κ3) is 3.80. The molecule has 0 aliphatic rings. The standard InChI is InChI=1S/C15H23BrN2O/c1-10(11-6-8-12(16)9-7-11)18-13(19)14(2,3)15(4,5)17/h6-10H,17H2,1-5H3,(H,18,19)/t10-/m1/s1. The maximum Gasteiger partial charge on any atom is 0.227 e. The van der Waals surface area contributed by atoms with Crippen LogP contribution in [0.2, 0.25) is 0 Å². The lowest BCUT2D eigenvalue weighted by Crippen LogP contribution is -2.55. The van der Waals surface area contributed by atoms with Gasteiger partial charge in [0, 0.05) is 10.0 Å². The fourth-order valence-corrected chi connectivity index (χ4v) is 1.77. The predicted molar refractivity (Wildman–Crippen MR) is 82.7 cm³/mol. The fourth-order valence-electron chi connectivity index (χ4n) is 1.50. The molecule has 0 spiro atoms. The van der Waals surface area contributed by atoms with Crippen molar-refractivity contribution in [2.24, 2.45) is 11.1 Å². The van der Waals surface area contributed by atoms with Crippen molar-refractivity contribution in [1.29, 1.82) is 0 Å². The Balaban J connectivity index is 2.80. The minimum atomic E-state index is -0.628. The van der Waals surface area contributed by atoms with Crippen molar-refractivity contribution < 1.29 is 4.79 Å². The van der Waals surface area contributed by atoms with Gasteiger partial charge in [0.25, 0.3) is 0 Å². The molecule has 0 fully saturated rings. The monoisotopic (exact) mass is 326 g/mol. The van der Waals surface area contributed by atoms with Gasteiger partial charge in [0.15, 0.2) is 0 Å². The van der Waals surface area contributed by atoms with Crippen molar-refractivity contribution >= 4 is 21.8 Å². The van der Waals surface area contributed by atoms with E-state index in [9.17, 15) is 4.79 Å². The molecule has 0 saturated heterocycles. The highest BCUT2D eigenvalue weighted by molar-refractivity contribution is 9.10. The second-order valence-corrected chi connectivity index (χ2v) is 7.01. The van der Waals surface area contributed by atoms with E-state index in [0.717, 1.165) is 10.0 Å². The number of hydrogen-bond acceptors (Lipinski definition) is 2. The van der Waals surface area contributed by atoms with Crippen LogP contribution in [0.1, 0.15) is 46.2 Å². The summed E-state index contributed by atoms with van der Waals surface area (Å²) in [5, 5.41) is 3.03. The lowest BCUT2D eigenvalue weighted by atomic mass is 9.74. The quantitative estimate of drug-likeness (QED) is 0.891. The molecule has 0 radical (unpaired) electrons. The van der Waals surface area contributed by atoms with E-state index in [4.69, 9.17) is 5.73 Å².